The maximum atomic E-state index is 13.2. The molecule has 6 heteroatoms. The number of allylic oxidation sites excluding steroid dienone is 8. The van der Waals surface area contributed by atoms with Gasteiger partial charge in [-0.15, -0.1) is 0 Å². The summed E-state index contributed by atoms with van der Waals surface area (Å²) in [4.78, 5) is 26.0. The molecule has 0 rings (SSSR count). The van der Waals surface area contributed by atoms with Crippen LogP contribution >= 0.6 is 0 Å². The maximum Gasteiger partial charge on any atom is 0.306 e. The van der Waals surface area contributed by atoms with Gasteiger partial charge in [0, 0.05) is 6.42 Å². The van der Waals surface area contributed by atoms with E-state index in [-0.39, 0.29) is 24.9 Å². The van der Waals surface area contributed by atoms with Gasteiger partial charge in [-0.3, -0.25) is 9.59 Å². The summed E-state index contributed by atoms with van der Waals surface area (Å²) in [7, 11) is 0. The van der Waals surface area contributed by atoms with Crippen LogP contribution in [0.5, 0.6) is 0 Å². The van der Waals surface area contributed by atoms with Gasteiger partial charge in [-0.1, -0.05) is 217 Å². The number of aliphatic hydroxyl groups is 2. The van der Waals surface area contributed by atoms with Crippen LogP contribution in [0, 0.1) is 0 Å². The van der Waals surface area contributed by atoms with Crippen molar-refractivity contribution in [2.75, 3.05) is 6.61 Å². The first-order chi connectivity index (χ1) is 28.5. The van der Waals surface area contributed by atoms with Gasteiger partial charge in [0.05, 0.1) is 25.2 Å². The van der Waals surface area contributed by atoms with E-state index >= 15 is 0 Å². The van der Waals surface area contributed by atoms with E-state index in [1.165, 1.54) is 128 Å². The van der Waals surface area contributed by atoms with Crippen LogP contribution in [0.3, 0.4) is 0 Å². The van der Waals surface area contributed by atoms with Gasteiger partial charge in [0.2, 0.25) is 5.91 Å². The van der Waals surface area contributed by atoms with Gasteiger partial charge in [0.1, 0.15) is 6.10 Å². The van der Waals surface area contributed by atoms with E-state index in [1.807, 2.05) is 0 Å². The Morgan fingerprint density at radius 2 is 0.879 bits per heavy atom. The topological polar surface area (TPSA) is 95.9 Å². The number of ether oxygens (including phenoxy) is 1. The first-order valence-corrected chi connectivity index (χ1v) is 24.9. The van der Waals surface area contributed by atoms with Crippen molar-refractivity contribution in [2.45, 2.75) is 264 Å². The second kappa shape index (κ2) is 45.9. The van der Waals surface area contributed by atoms with Gasteiger partial charge >= 0.3 is 5.97 Å². The van der Waals surface area contributed by atoms with Crippen LogP contribution in [-0.2, 0) is 14.3 Å². The Bertz CT molecular complexity index is 1000. The minimum absolute atomic E-state index is 0.0579. The van der Waals surface area contributed by atoms with Crippen molar-refractivity contribution in [3.05, 3.63) is 48.6 Å². The minimum Gasteiger partial charge on any atom is -0.462 e. The van der Waals surface area contributed by atoms with Crippen LogP contribution in [-0.4, -0.2) is 46.9 Å². The maximum absolute atomic E-state index is 13.2. The molecule has 0 aromatic rings. The number of unbranched alkanes of at least 4 members (excludes halogenated alkanes) is 24. The Hall–Kier alpha value is -2.18. The summed E-state index contributed by atoms with van der Waals surface area (Å²) in [6, 6.07) is -0.709. The smallest absolute Gasteiger partial charge is 0.306 e. The minimum atomic E-state index is -0.794. The summed E-state index contributed by atoms with van der Waals surface area (Å²) in [6.07, 6.45) is 54.6. The molecule has 0 saturated heterocycles. The predicted octanol–water partition coefficient (Wildman–Crippen LogP) is 14.7. The first kappa shape index (κ1) is 55.8. The number of carbonyl (C=O) groups is 2. The number of hydrogen-bond acceptors (Lipinski definition) is 5. The highest BCUT2D eigenvalue weighted by molar-refractivity contribution is 5.77. The van der Waals surface area contributed by atoms with E-state index in [2.05, 4.69) is 74.7 Å². The van der Waals surface area contributed by atoms with E-state index in [0.29, 0.717) is 25.7 Å². The van der Waals surface area contributed by atoms with Gasteiger partial charge in [-0.25, -0.2) is 0 Å². The fraction of sp³-hybridized carbons (Fsp3) is 0.808. The lowest BCUT2D eigenvalue weighted by molar-refractivity contribution is -0.151. The Kier molecular flexibility index (Phi) is 44.2. The van der Waals surface area contributed by atoms with Crippen LogP contribution in [0.15, 0.2) is 48.6 Å². The van der Waals surface area contributed by atoms with Crippen molar-refractivity contribution in [1.29, 1.82) is 0 Å². The third kappa shape index (κ3) is 40.6. The number of aliphatic hydroxyl groups excluding tert-OH is 2. The quantitative estimate of drug-likeness (QED) is 0.0323. The number of carbonyl (C=O) groups excluding carboxylic acids is 2. The molecule has 0 aliphatic carbocycles. The van der Waals surface area contributed by atoms with Crippen molar-refractivity contribution < 1.29 is 24.5 Å². The van der Waals surface area contributed by atoms with Crippen molar-refractivity contribution >= 4 is 11.9 Å². The number of hydrogen-bond donors (Lipinski definition) is 3. The molecular formula is C52H95NO5. The van der Waals surface area contributed by atoms with E-state index in [4.69, 9.17) is 4.74 Å². The van der Waals surface area contributed by atoms with E-state index in [0.717, 1.165) is 64.2 Å². The van der Waals surface area contributed by atoms with Crippen molar-refractivity contribution in [3.8, 4) is 0 Å². The molecule has 3 N–H and O–H groups in total. The molecule has 338 valence electrons. The van der Waals surface area contributed by atoms with Crippen LogP contribution < -0.4 is 5.32 Å². The van der Waals surface area contributed by atoms with Crippen molar-refractivity contribution in [3.63, 3.8) is 0 Å². The molecule has 1 amide bonds. The molecule has 0 aromatic heterocycles. The SMILES string of the molecule is CCCCC/C=C\C/C=C\C/C=C\C/C=C\CCCC(=O)OC(CCCCCCCCCCCCC)CC(=O)NC(CO)C(O)CCCCCCCCCCCCC. The molecular weight excluding hydrogens is 719 g/mol. The van der Waals surface area contributed by atoms with Crippen LogP contribution in [0.2, 0.25) is 0 Å². The van der Waals surface area contributed by atoms with Gasteiger partial charge in [-0.05, 0) is 64.2 Å². The summed E-state index contributed by atoms with van der Waals surface area (Å²) in [5.41, 5.74) is 0. The highest BCUT2D eigenvalue weighted by atomic mass is 16.5. The van der Waals surface area contributed by atoms with E-state index in [1.54, 1.807) is 0 Å². The summed E-state index contributed by atoms with van der Waals surface area (Å²) < 4.78 is 5.89. The Labute approximate surface area is 359 Å². The number of nitrogens with one attached hydrogen (secondary N) is 1. The number of esters is 1. The van der Waals surface area contributed by atoms with Gasteiger partial charge < -0.3 is 20.3 Å². The van der Waals surface area contributed by atoms with Crippen molar-refractivity contribution in [1.82, 2.24) is 5.32 Å². The molecule has 0 bridgehead atoms. The third-order valence-corrected chi connectivity index (χ3v) is 11.2. The fourth-order valence-corrected chi connectivity index (χ4v) is 7.36. The lowest BCUT2D eigenvalue weighted by atomic mass is 10.0. The zero-order valence-corrected chi connectivity index (χ0v) is 38.4. The molecule has 6 nitrogen and oxygen atoms in total. The Morgan fingerprint density at radius 1 is 0.500 bits per heavy atom. The first-order valence-electron chi connectivity index (χ1n) is 24.9. The lowest BCUT2D eigenvalue weighted by Crippen LogP contribution is -2.46. The highest BCUT2D eigenvalue weighted by Gasteiger charge is 2.24. The second-order valence-corrected chi connectivity index (χ2v) is 16.9. The predicted molar refractivity (Wildman–Crippen MR) is 250 cm³/mol. The summed E-state index contributed by atoms with van der Waals surface area (Å²) in [5, 5.41) is 23.7. The number of rotatable bonds is 44. The second-order valence-electron chi connectivity index (χ2n) is 16.9. The molecule has 0 fully saturated rings. The zero-order chi connectivity index (χ0) is 42.4. The molecule has 0 radical (unpaired) electrons. The average molecular weight is 814 g/mol. The molecule has 3 unspecified atom stereocenters. The molecule has 58 heavy (non-hydrogen) atoms. The molecule has 0 aliphatic heterocycles. The molecule has 0 saturated carbocycles. The average Bonchev–Trinajstić information content (AvgIpc) is 3.22. The molecule has 0 heterocycles. The number of amides is 1. The summed E-state index contributed by atoms with van der Waals surface area (Å²) in [6.45, 7) is 6.43. The monoisotopic (exact) mass is 814 g/mol. The molecule has 0 spiro atoms. The van der Waals surface area contributed by atoms with Gasteiger partial charge in [0.15, 0.2) is 0 Å². The highest BCUT2D eigenvalue weighted by Crippen LogP contribution is 2.17. The summed E-state index contributed by atoms with van der Waals surface area (Å²) >= 11 is 0. The van der Waals surface area contributed by atoms with Crippen LogP contribution in [0.25, 0.3) is 0 Å². The Morgan fingerprint density at radius 3 is 1.33 bits per heavy atom. The molecule has 3 atom stereocenters. The van der Waals surface area contributed by atoms with E-state index < -0.39 is 18.2 Å². The third-order valence-electron chi connectivity index (χ3n) is 11.2. The van der Waals surface area contributed by atoms with Gasteiger partial charge in [0.25, 0.3) is 0 Å². The molecule has 0 aromatic carbocycles. The Balaban J connectivity index is 4.63. The summed E-state index contributed by atoms with van der Waals surface area (Å²) in [5.74, 6) is -0.536. The van der Waals surface area contributed by atoms with Crippen LogP contribution in [0.4, 0.5) is 0 Å². The lowest BCUT2D eigenvalue weighted by Gasteiger charge is -2.24. The largest absolute Gasteiger partial charge is 0.462 e. The zero-order valence-electron chi connectivity index (χ0n) is 38.4. The van der Waals surface area contributed by atoms with E-state index in [9.17, 15) is 19.8 Å². The molecule has 0 aliphatic rings. The van der Waals surface area contributed by atoms with Crippen LogP contribution in [0.1, 0.15) is 245 Å². The fourth-order valence-electron chi connectivity index (χ4n) is 7.36. The van der Waals surface area contributed by atoms with Crippen molar-refractivity contribution in [2.24, 2.45) is 0 Å². The standard InChI is InChI=1S/C52H95NO5/c1-4-7-10-13-16-19-22-23-24-25-26-27-30-33-36-39-42-45-52(57)58-48(43-40-37-34-31-28-20-17-14-11-8-5-2)46-51(56)53-49(47-54)50(55)44-41-38-35-32-29-21-18-15-12-9-6-3/h16,19,23-24,26-27,33,36,48-50,54-55H,4-15,17-18,20-22,25,28-32,34-35,37-47H2,1-3H3,(H,53,56)/b19-16-,24-23-,27-26-,36-33-. The normalized spacial score (nSPS) is 13.7. The van der Waals surface area contributed by atoms with Gasteiger partial charge in [-0.2, -0.15) is 0 Å².